The average Bonchev–Trinajstić information content (AvgIpc) is 2.63. The molecule has 0 atom stereocenters. The maximum absolute atomic E-state index is 12.1. The van der Waals surface area contributed by atoms with E-state index in [4.69, 9.17) is 0 Å². The van der Waals surface area contributed by atoms with E-state index in [9.17, 15) is 4.79 Å². The Morgan fingerprint density at radius 1 is 1.40 bits per heavy atom. The van der Waals surface area contributed by atoms with Gasteiger partial charge < -0.3 is 10.3 Å². The largest absolute Gasteiger partial charge is 0.310 e. The minimum absolute atomic E-state index is 0.00681. The Balaban J connectivity index is 1.67. The van der Waals surface area contributed by atoms with Crippen molar-refractivity contribution < 1.29 is 0 Å². The standard InChI is InChI=1S/C15H21N3OS/c1-9-10(2)20-15-13(9)14(19)17-12(18-15)8-16-7-6-11-4-3-5-11/h11,16H,3-8H2,1-2H3,(H,17,18,19). The van der Waals surface area contributed by atoms with Crippen LogP contribution >= 0.6 is 11.3 Å². The summed E-state index contributed by atoms with van der Waals surface area (Å²) in [5.74, 6) is 1.66. The molecule has 2 aromatic rings. The van der Waals surface area contributed by atoms with Crippen LogP contribution in [0.25, 0.3) is 10.2 Å². The van der Waals surface area contributed by atoms with E-state index in [2.05, 4.69) is 15.3 Å². The number of aryl methyl sites for hydroxylation is 2. The maximum atomic E-state index is 12.1. The molecular formula is C15H21N3OS. The van der Waals surface area contributed by atoms with E-state index in [0.29, 0.717) is 6.54 Å². The third kappa shape index (κ3) is 2.65. The lowest BCUT2D eigenvalue weighted by atomic mass is 9.83. The number of aromatic amines is 1. The van der Waals surface area contributed by atoms with Crippen molar-refractivity contribution in [3.05, 3.63) is 26.6 Å². The molecule has 2 heterocycles. The monoisotopic (exact) mass is 291 g/mol. The number of aromatic nitrogens is 2. The minimum Gasteiger partial charge on any atom is -0.310 e. The summed E-state index contributed by atoms with van der Waals surface area (Å²) in [6.07, 6.45) is 5.41. The highest BCUT2D eigenvalue weighted by molar-refractivity contribution is 7.18. The van der Waals surface area contributed by atoms with Crippen molar-refractivity contribution in [2.45, 2.75) is 46.1 Å². The van der Waals surface area contributed by atoms with Crippen LogP contribution in [0.4, 0.5) is 0 Å². The van der Waals surface area contributed by atoms with Crippen molar-refractivity contribution in [2.24, 2.45) is 5.92 Å². The fraction of sp³-hybridized carbons (Fsp3) is 0.600. The number of hydrogen-bond donors (Lipinski definition) is 2. The van der Waals surface area contributed by atoms with Crippen LogP contribution in [-0.2, 0) is 6.54 Å². The van der Waals surface area contributed by atoms with Gasteiger partial charge in [-0.25, -0.2) is 4.98 Å². The zero-order valence-electron chi connectivity index (χ0n) is 12.1. The molecule has 0 saturated heterocycles. The van der Waals surface area contributed by atoms with Gasteiger partial charge in [-0.2, -0.15) is 0 Å². The number of fused-ring (bicyclic) bond motifs is 1. The number of rotatable bonds is 5. The van der Waals surface area contributed by atoms with Gasteiger partial charge in [0.25, 0.3) is 5.56 Å². The smallest absolute Gasteiger partial charge is 0.259 e. The molecule has 0 aliphatic heterocycles. The summed E-state index contributed by atoms with van der Waals surface area (Å²) in [4.78, 5) is 21.6. The lowest BCUT2D eigenvalue weighted by molar-refractivity contribution is 0.291. The Labute approximate surface area is 122 Å². The lowest BCUT2D eigenvalue weighted by Gasteiger charge is -2.25. The third-order valence-corrected chi connectivity index (χ3v) is 5.44. The summed E-state index contributed by atoms with van der Waals surface area (Å²) in [5, 5.41) is 4.14. The van der Waals surface area contributed by atoms with Gasteiger partial charge in [0.15, 0.2) is 0 Å². The van der Waals surface area contributed by atoms with Crippen LogP contribution in [0.15, 0.2) is 4.79 Å². The van der Waals surface area contributed by atoms with Gasteiger partial charge in [0, 0.05) is 4.88 Å². The molecule has 108 valence electrons. The normalized spacial score (nSPS) is 15.7. The summed E-state index contributed by atoms with van der Waals surface area (Å²) in [6, 6.07) is 0. The van der Waals surface area contributed by atoms with Crippen LogP contribution in [0.1, 0.15) is 41.9 Å². The molecule has 0 spiro atoms. The molecule has 0 radical (unpaired) electrons. The van der Waals surface area contributed by atoms with Gasteiger partial charge in [-0.3, -0.25) is 4.79 Å². The van der Waals surface area contributed by atoms with Crippen molar-refractivity contribution in [1.29, 1.82) is 0 Å². The molecule has 5 heteroatoms. The molecule has 1 aliphatic carbocycles. The van der Waals surface area contributed by atoms with Gasteiger partial charge in [-0.05, 0) is 38.3 Å². The molecule has 0 unspecified atom stereocenters. The van der Waals surface area contributed by atoms with Crippen LogP contribution in [0.2, 0.25) is 0 Å². The molecule has 0 amide bonds. The number of nitrogens with zero attached hydrogens (tertiary/aromatic N) is 1. The molecule has 3 rings (SSSR count). The first kappa shape index (κ1) is 13.8. The third-order valence-electron chi connectivity index (χ3n) is 4.33. The fourth-order valence-corrected chi connectivity index (χ4v) is 3.73. The fourth-order valence-electron chi connectivity index (χ4n) is 2.68. The summed E-state index contributed by atoms with van der Waals surface area (Å²) < 4.78 is 0. The Hall–Kier alpha value is -1.20. The van der Waals surface area contributed by atoms with Gasteiger partial charge in [0.2, 0.25) is 0 Å². The highest BCUT2D eigenvalue weighted by atomic mass is 32.1. The Morgan fingerprint density at radius 2 is 2.20 bits per heavy atom. The van der Waals surface area contributed by atoms with Crippen molar-refractivity contribution in [3.8, 4) is 0 Å². The van der Waals surface area contributed by atoms with E-state index >= 15 is 0 Å². The molecule has 1 saturated carbocycles. The highest BCUT2D eigenvalue weighted by Gasteiger charge is 2.16. The number of thiophene rings is 1. The molecule has 2 aromatic heterocycles. The second-order valence-electron chi connectivity index (χ2n) is 5.74. The predicted molar refractivity (Wildman–Crippen MR) is 83.4 cm³/mol. The Morgan fingerprint density at radius 3 is 2.90 bits per heavy atom. The van der Waals surface area contributed by atoms with Gasteiger partial charge in [0.05, 0.1) is 11.9 Å². The summed E-state index contributed by atoms with van der Waals surface area (Å²) in [5.41, 5.74) is 1.05. The van der Waals surface area contributed by atoms with Gasteiger partial charge in [-0.15, -0.1) is 11.3 Å². The lowest BCUT2D eigenvalue weighted by Crippen LogP contribution is -2.23. The summed E-state index contributed by atoms with van der Waals surface area (Å²) in [7, 11) is 0. The quantitative estimate of drug-likeness (QED) is 0.833. The molecule has 2 N–H and O–H groups in total. The predicted octanol–water partition coefficient (Wildman–Crippen LogP) is 2.88. The first-order chi connectivity index (χ1) is 9.65. The van der Waals surface area contributed by atoms with Crippen LogP contribution in [0.5, 0.6) is 0 Å². The molecule has 1 aliphatic rings. The highest BCUT2D eigenvalue weighted by Crippen LogP contribution is 2.28. The van der Waals surface area contributed by atoms with Crippen molar-refractivity contribution in [2.75, 3.05) is 6.54 Å². The minimum atomic E-state index is -0.00681. The SMILES string of the molecule is Cc1sc2nc(CNCCC3CCC3)[nH]c(=O)c2c1C. The van der Waals surface area contributed by atoms with Crippen LogP contribution in [-0.4, -0.2) is 16.5 Å². The van der Waals surface area contributed by atoms with Crippen LogP contribution in [0.3, 0.4) is 0 Å². The van der Waals surface area contributed by atoms with Crippen LogP contribution < -0.4 is 10.9 Å². The van der Waals surface area contributed by atoms with Crippen molar-refractivity contribution >= 4 is 21.6 Å². The first-order valence-electron chi connectivity index (χ1n) is 7.34. The van der Waals surface area contributed by atoms with E-state index in [0.717, 1.165) is 34.1 Å². The topological polar surface area (TPSA) is 57.8 Å². The van der Waals surface area contributed by atoms with E-state index in [1.54, 1.807) is 11.3 Å². The summed E-state index contributed by atoms with van der Waals surface area (Å²) in [6.45, 7) is 5.68. The number of nitrogens with one attached hydrogen (secondary N) is 2. The van der Waals surface area contributed by atoms with E-state index in [1.165, 1.54) is 30.6 Å². The zero-order valence-corrected chi connectivity index (χ0v) is 12.9. The van der Waals surface area contributed by atoms with E-state index < -0.39 is 0 Å². The van der Waals surface area contributed by atoms with Gasteiger partial charge >= 0.3 is 0 Å². The van der Waals surface area contributed by atoms with Crippen LogP contribution in [0, 0.1) is 19.8 Å². The Bertz CT molecular complexity index is 670. The molecule has 0 aromatic carbocycles. The van der Waals surface area contributed by atoms with E-state index in [1.807, 2.05) is 13.8 Å². The molecule has 20 heavy (non-hydrogen) atoms. The zero-order chi connectivity index (χ0) is 14.1. The maximum Gasteiger partial charge on any atom is 0.259 e. The van der Waals surface area contributed by atoms with Crippen molar-refractivity contribution in [1.82, 2.24) is 15.3 Å². The number of hydrogen-bond acceptors (Lipinski definition) is 4. The Kier molecular flexibility index (Phi) is 3.89. The van der Waals surface area contributed by atoms with Gasteiger partial charge in [-0.1, -0.05) is 19.3 Å². The van der Waals surface area contributed by atoms with Crippen molar-refractivity contribution in [3.63, 3.8) is 0 Å². The second kappa shape index (κ2) is 5.66. The number of H-pyrrole nitrogens is 1. The molecule has 4 nitrogen and oxygen atoms in total. The molecular weight excluding hydrogens is 270 g/mol. The average molecular weight is 291 g/mol. The molecule has 0 bridgehead atoms. The molecule has 1 fully saturated rings. The summed E-state index contributed by atoms with van der Waals surface area (Å²) >= 11 is 1.61. The van der Waals surface area contributed by atoms with Gasteiger partial charge in [0.1, 0.15) is 10.7 Å². The second-order valence-corrected chi connectivity index (χ2v) is 6.94. The van der Waals surface area contributed by atoms with E-state index in [-0.39, 0.29) is 5.56 Å². The first-order valence-corrected chi connectivity index (χ1v) is 8.16.